The summed E-state index contributed by atoms with van der Waals surface area (Å²) in [6, 6.07) is 13.3. The van der Waals surface area contributed by atoms with E-state index in [1.807, 2.05) is 36.4 Å². The van der Waals surface area contributed by atoms with Gasteiger partial charge >= 0.3 is 6.18 Å². The highest BCUT2D eigenvalue weighted by atomic mass is 19.4. The summed E-state index contributed by atoms with van der Waals surface area (Å²) in [6.07, 6.45) is 12.1. The number of furan rings is 1. The van der Waals surface area contributed by atoms with Crippen LogP contribution in [-0.2, 0) is 11.7 Å². The molecule has 6 aliphatic rings. The average Bonchev–Trinajstić information content (AvgIpc) is 3.78. The molecule has 47 heavy (non-hydrogen) atoms. The maximum absolute atomic E-state index is 14.2. The van der Waals surface area contributed by atoms with Gasteiger partial charge in [0.15, 0.2) is 11.9 Å². The number of fused-ring (bicyclic) bond motifs is 15. The SMILES string of the molecule is CCC12C(C3c4ccc5oc6ccccc6c5c4C4=CC=C5N=CC=NC5N43)=CC1(CC)n1nc(C(F)(F)F)cc1C1=CC=CCN12. The maximum atomic E-state index is 14.2. The zero-order valence-electron chi connectivity index (χ0n) is 25.7. The molecule has 2 aromatic carbocycles. The van der Waals surface area contributed by atoms with Crippen molar-refractivity contribution in [2.75, 3.05) is 6.54 Å². The number of aromatic nitrogens is 2. The largest absolute Gasteiger partial charge is 0.456 e. The molecule has 10 heteroatoms. The fraction of sp³-hybridized carbons (Fsp3) is 0.270. The quantitative estimate of drug-likeness (QED) is 0.215. The molecule has 5 aliphatic heterocycles. The smallest absolute Gasteiger partial charge is 0.435 e. The first-order valence-corrected chi connectivity index (χ1v) is 16.1. The van der Waals surface area contributed by atoms with Crippen LogP contribution >= 0.6 is 0 Å². The Morgan fingerprint density at radius 2 is 1.85 bits per heavy atom. The highest BCUT2D eigenvalue weighted by molar-refractivity contribution is 6.17. The van der Waals surface area contributed by atoms with Gasteiger partial charge in [-0.1, -0.05) is 56.3 Å². The van der Waals surface area contributed by atoms with Crippen LogP contribution in [0.5, 0.6) is 0 Å². The summed E-state index contributed by atoms with van der Waals surface area (Å²) in [6.45, 7) is 4.79. The van der Waals surface area contributed by atoms with Crippen LogP contribution in [-0.4, -0.2) is 50.3 Å². The Balaban J connectivity index is 1.27. The Kier molecular flexibility index (Phi) is 5.07. The molecule has 234 valence electrons. The van der Waals surface area contributed by atoms with Gasteiger partial charge in [-0.15, -0.1) is 0 Å². The molecule has 0 saturated carbocycles. The Labute approximate surface area is 268 Å². The Hall–Kier alpha value is -5.12. The maximum Gasteiger partial charge on any atom is 0.435 e. The molecule has 7 nitrogen and oxygen atoms in total. The standard InChI is InChI=1S/C37H29F3N6O/c1-3-35-20-23(36(35,4-2)44-18-8-7-10-25(44)27-19-30(37(38,39)40)43-46(27)35)33-22-12-15-29-32(21-9-5-6-11-28(21)47-29)31(22)26-14-13-24-34(45(26)33)42-17-16-41-24/h5-17,19-20,33-34H,3-4,18H2,1-2H3. The van der Waals surface area contributed by atoms with Crippen molar-refractivity contribution in [3.8, 4) is 0 Å². The van der Waals surface area contributed by atoms with E-state index in [4.69, 9.17) is 14.4 Å². The van der Waals surface area contributed by atoms with Gasteiger partial charge in [0.1, 0.15) is 16.7 Å². The van der Waals surface area contributed by atoms with E-state index in [-0.39, 0.29) is 12.2 Å². The predicted octanol–water partition coefficient (Wildman–Crippen LogP) is 8.00. The molecule has 0 amide bonds. The van der Waals surface area contributed by atoms with Crippen LogP contribution in [0, 0.1) is 0 Å². The normalized spacial score (nSPS) is 28.1. The molecule has 0 N–H and O–H groups in total. The van der Waals surface area contributed by atoms with Gasteiger partial charge in [-0.05, 0) is 60.4 Å². The Morgan fingerprint density at radius 1 is 0.979 bits per heavy atom. The number of halogens is 3. The first-order chi connectivity index (χ1) is 22.8. The molecule has 4 atom stereocenters. The summed E-state index contributed by atoms with van der Waals surface area (Å²) in [5, 5.41) is 6.42. The Bertz CT molecular complexity index is 2300. The second-order valence-corrected chi connectivity index (χ2v) is 12.9. The molecule has 1 aliphatic carbocycles. The van der Waals surface area contributed by atoms with Crippen LogP contribution in [0.2, 0.25) is 0 Å². The van der Waals surface area contributed by atoms with E-state index in [1.54, 1.807) is 17.1 Å². The van der Waals surface area contributed by atoms with E-state index in [9.17, 15) is 13.2 Å². The van der Waals surface area contributed by atoms with Gasteiger partial charge in [-0.3, -0.25) is 14.7 Å². The lowest BCUT2D eigenvalue weighted by atomic mass is 9.54. The zero-order valence-corrected chi connectivity index (χ0v) is 25.7. The second-order valence-electron chi connectivity index (χ2n) is 12.9. The summed E-state index contributed by atoms with van der Waals surface area (Å²) >= 11 is 0. The summed E-state index contributed by atoms with van der Waals surface area (Å²) in [5.41, 5.74) is 5.83. The van der Waals surface area contributed by atoms with Gasteiger partial charge in [-0.2, -0.15) is 18.3 Å². The fourth-order valence-electron chi connectivity index (χ4n) is 9.35. The first-order valence-electron chi connectivity index (χ1n) is 16.1. The number of rotatable bonds is 3. The van der Waals surface area contributed by atoms with E-state index in [0.717, 1.165) is 55.7 Å². The number of nitrogens with zero attached hydrogens (tertiary/aromatic N) is 6. The van der Waals surface area contributed by atoms with E-state index in [0.29, 0.717) is 25.1 Å². The minimum Gasteiger partial charge on any atom is -0.456 e. The molecule has 0 bridgehead atoms. The molecule has 10 rings (SSSR count). The molecule has 7 heterocycles. The number of hydrogen-bond acceptors (Lipinski definition) is 6. The third kappa shape index (κ3) is 3.07. The van der Waals surface area contributed by atoms with Crippen LogP contribution in [0.25, 0.3) is 33.3 Å². The number of aliphatic imine (C=N–C) groups is 2. The molecular weight excluding hydrogens is 601 g/mol. The number of para-hydroxylation sites is 1. The zero-order chi connectivity index (χ0) is 31.9. The first kappa shape index (κ1) is 27.0. The number of allylic oxidation sites excluding steroid dienone is 4. The molecular formula is C37H29F3N6O. The van der Waals surface area contributed by atoms with Crippen molar-refractivity contribution in [1.82, 2.24) is 19.6 Å². The van der Waals surface area contributed by atoms with Crippen molar-refractivity contribution < 1.29 is 17.6 Å². The van der Waals surface area contributed by atoms with Crippen LogP contribution in [0.15, 0.2) is 105 Å². The van der Waals surface area contributed by atoms with Crippen molar-refractivity contribution in [3.05, 3.63) is 113 Å². The van der Waals surface area contributed by atoms with Crippen LogP contribution in [0.3, 0.4) is 0 Å². The van der Waals surface area contributed by atoms with E-state index in [2.05, 4.69) is 65.2 Å². The van der Waals surface area contributed by atoms with Gasteiger partial charge in [0, 0.05) is 41.0 Å². The molecule has 0 spiro atoms. The van der Waals surface area contributed by atoms with Crippen molar-refractivity contribution in [2.24, 2.45) is 9.98 Å². The van der Waals surface area contributed by atoms with Crippen LogP contribution in [0.4, 0.5) is 13.2 Å². The van der Waals surface area contributed by atoms with Crippen LogP contribution in [0.1, 0.15) is 55.2 Å². The third-order valence-corrected chi connectivity index (χ3v) is 11.1. The lowest BCUT2D eigenvalue weighted by molar-refractivity contribution is -0.142. The van der Waals surface area contributed by atoms with E-state index >= 15 is 0 Å². The lowest BCUT2D eigenvalue weighted by Gasteiger charge is -2.67. The monoisotopic (exact) mass is 630 g/mol. The van der Waals surface area contributed by atoms with Crippen molar-refractivity contribution >= 4 is 45.8 Å². The number of benzene rings is 2. The molecule has 0 fully saturated rings. The highest BCUT2D eigenvalue weighted by Crippen LogP contribution is 2.67. The van der Waals surface area contributed by atoms with Gasteiger partial charge < -0.3 is 14.2 Å². The van der Waals surface area contributed by atoms with Crippen molar-refractivity contribution in [3.63, 3.8) is 0 Å². The van der Waals surface area contributed by atoms with Gasteiger partial charge in [0.05, 0.1) is 28.7 Å². The van der Waals surface area contributed by atoms with Gasteiger partial charge in [-0.25, -0.2) is 0 Å². The number of alkyl halides is 3. The summed E-state index contributed by atoms with van der Waals surface area (Å²) in [5.74, 6) is 0. The van der Waals surface area contributed by atoms with E-state index < -0.39 is 22.9 Å². The highest BCUT2D eigenvalue weighted by Gasteiger charge is 2.69. The summed E-state index contributed by atoms with van der Waals surface area (Å²) in [4.78, 5) is 14.3. The van der Waals surface area contributed by atoms with Gasteiger partial charge in [0.25, 0.3) is 0 Å². The van der Waals surface area contributed by atoms with Gasteiger partial charge in [0.2, 0.25) is 0 Å². The fourth-order valence-corrected chi connectivity index (χ4v) is 9.35. The van der Waals surface area contributed by atoms with Crippen LogP contribution < -0.4 is 0 Å². The second kappa shape index (κ2) is 8.82. The van der Waals surface area contributed by atoms with Crippen molar-refractivity contribution in [1.29, 1.82) is 0 Å². The number of hydrogen-bond donors (Lipinski definition) is 0. The Morgan fingerprint density at radius 3 is 2.68 bits per heavy atom. The molecule has 4 unspecified atom stereocenters. The predicted molar refractivity (Wildman–Crippen MR) is 176 cm³/mol. The van der Waals surface area contributed by atoms with Crippen molar-refractivity contribution in [2.45, 2.75) is 56.2 Å². The van der Waals surface area contributed by atoms with E-state index in [1.165, 1.54) is 6.07 Å². The molecule has 4 aromatic rings. The third-order valence-electron chi connectivity index (χ3n) is 11.1. The minimum absolute atomic E-state index is 0.251. The summed E-state index contributed by atoms with van der Waals surface area (Å²) in [7, 11) is 0. The summed E-state index contributed by atoms with van der Waals surface area (Å²) < 4.78 is 50.6. The lowest BCUT2D eigenvalue weighted by Crippen LogP contribution is -2.73. The molecule has 2 aromatic heterocycles. The topological polar surface area (TPSA) is 62.2 Å². The molecule has 0 saturated heterocycles. The minimum atomic E-state index is -4.56. The molecule has 0 radical (unpaired) electrons. The average molecular weight is 631 g/mol.